The first kappa shape index (κ1) is 19.4. The van der Waals surface area contributed by atoms with Gasteiger partial charge in [-0.1, -0.05) is 12.1 Å². The van der Waals surface area contributed by atoms with E-state index in [4.69, 9.17) is 0 Å². The van der Waals surface area contributed by atoms with E-state index in [0.29, 0.717) is 25.2 Å². The van der Waals surface area contributed by atoms with Gasteiger partial charge in [-0.3, -0.25) is 4.79 Å². The molecule has 0 atom stereocenters. The minimum Gasteiger partial charge on any atom is -0.378 e. The van der Waals surface area contributed by atoms with E-state index in [1.165, 1.54) is 16.4 Å². The molecule has 2 aromatic rings. The van der Waals surface area contributed by atoms with Crippen LogP contribution in [0.1, 0.15) is 28.8 Å². The smallest absolute Gasteiger partial charge is 0.251 e. The fourth-order valence-electron chi connectivity index (χ4n) is 3.05. The van der Waals surface area contributed by atoms with Crippen molar-refractivity contribution in [2.24, 2.45) is 0 Å². The van der Waals surface area contributed by atoms with E-state index in [1.54, 1.807) is 12.1 Å². The highest BCUT2D eigenvalue weighted by molar-refractivity contribution is 7.89. The molecule has 1 aliphatic heterocycles. The molecule has 7 heteroatoms. The van der Waals surface area contributed by atoms with E-state index in [0.717, 1.165) is 24.1 Å². The van der Waals surface area contributed by atoms with Crippen LogP contribution in [0, 0.1) is 0 Å². The van der Waals surface area contributed by atoms with Crippen molar-refractivity contribution in [3.05, 3.63) is 59.7 Å². The second kappa shape index (κ2) is 8.10. The second-order valence-corrected chi connectivity index (χ2v) is 8.82. The molecule has 1 fully saturated rings. The van der Waals surface area contributed by atoms with Crippen LogP contribution in [0.25, 0.3) is 0 Å². The molecule has 0 spiro atoms. The van der Waals surface area contributed by atoms with Crippen LogP contribution in [-0.2, 0) is 16.6 Å². The molecule has 0 saturated carbocycles. The van der Waals surface area contributed by atoms with Gasteiger partial charge < -0.3 is 10.2 Å². The maximum atomic E-state index is 12.5. The van der Waals surface area contributed by atoms with Crippen LogP contribution in [0.5, 0.6) is 0 Å². The quantitative estimate of drug-likeness (QED) is 0.827. The number of sulfonamides is 1. The maximum absolute atomic E-state index is 12.5. The van der Waals surface area contributed by atoms with E-state index in [9.17, 15) is 13.2 Å². The molecule has 0 bridgehead atoms. The molecule has 0 aliphatic carbocycles. The number of hydrogen-bond donors (Lipinski definition) is 1. The Hall–Kier alpha value is -2.38. The van der Waals surface area contributed by atoms with Gasteiger partial charge in [0, 0.05) is 45.0 Å². The molecular weight excluding hydrogens is 362 g/mol. The van der Waals surface area contributed by atoms with Crippen LogP contribution in [0.2, 0.25) is 0 Å². The van der Waals surface area contributed by atoms with Crippen molar-refractivity contribution in [1.29, 1.82) is 0 Å². The van der Waals surface area contributed by atoms with E-state index in [2.05, 4.69) is 5.32 Å². The molecule has 144 valence electrons. The average molecular weight is 388 g/mol. The van der Waals surface area contributed by atoms with Crippen molar-refractivity contribution in [2.45, 2.75) is 24.3 Å². The van der Waals surface area contributed by atoms with Crippen LogP contribution in [0.4, 0.5) is 5.69 Å². The Morgan fingerprint density at radius 3 is 2.15 bits per heavy atom. The van der Waals surface area contributed by atoms with Crippen molar-refractivity contribution < 1.29 is 13.2 Å². The van der Waals surface area contributed by atoms with Gasteiger partial charge in [0.15, 0.2) is 0 Å². The van der Waals surface area contributed by atoms with Crippen LogP contribution >= 0.6 is 0 Å². The van der Waals surface area contributed by atoms with Crippen LogP contribution in [-0.4, -0.2) is 45.8 Å². The first-order chi connectivity index (χ1) is 12.9. The van der Waals surface area contributed by atoms with Gasteiger partial charge in [0.05, 0.1) is 4.90 Å². The highest BCUT2D eigenvalue weighted by Gasteiger charge is 2.27. The van der Waals surface area contributed by atoms with Crippen molar-refractivity contribution >= 4 is 21.6 Å². The lowest BCUT2D eigenvalue weighted by Crippen LogP contribution is -2.28. The molecule has 1 heterocycles. The lowest BCUT2D eigenvalue weighted by Gasteiger charge is -2.15. The Kier molecular flexibility index (Phi) is 5.82. The van der Waals surface area contributed by atoms with Gasteiger partial charge in [0.25, 0.3) is 5.91 Å². The summed E-state index contributed by atoms with van der Waals surface area (Å²) in [4.78, 5) is 14.6. The zero-order valence-corrected chi connectivity index (χ0v) is 16.5. The average Bonchev–Trinajstić information content (AvgIpc) is 3.22. The van der Waals surface area contributed by atoms with Crippen LogP contribution < -0.4 is 10.2 Å². The van der Waals surface area contributed by atoms with Crippen molar-refractivity contribution in [1.82, 2.24) is 9.62 Å². The summed E-state index contributed by atoms with van der Waals surface area (Å²) < 4.78 is 26.5. The summed E-state index contributed by atoms with van der Waals surface area (Å²) in [6.45, 7) is 1.55. The molecule has 2 aromatic carbocycles. The molecule has 1 N–H and O–H groups in total. The number of amides is 1. The third kappa shape index (κ3) is 4.48. The summed E-state index contributed by atoms with van der Waals surface area (Å²) in [5, 5.41) is 2.86. The number of carbonyl (C=O) groups excluding carboxylic acids is 1. The Labute approximate surface area is 160 Å². The first-order valence-electron chi connectivity index (χ1n) is 9.02. The third-order valence-electron chi connectivity index (χ3n) is 4.73. The Morgan fingerprint density at radius 1 is 1.00 bits per heavy atom. The van der Waals surface area contributed by atoms with Gasteiger partial charge in [-0.25, -0.2) is 8.42 Å². The van der Waals surface area contributed by atoms with Crippen LogP contribution in [0.3, 0.4) is 0 Å². The molecule has 1 aliphatic rings. The largest absolute Gasteiger partial charge is 0.378 e. The van der Waals surface area contributed by atoms with Crippen LogP contribution in [0.15, 0.2) is 53.4 Å². The number of nitrogens with one attached hydrogen (secondary N) is 1. The summed E-state index contributed by atoms with van der Waals surface area (Å²) in [6.07, 6.45) is 1.80. The predicted molar refractivity (Wildman–Crippen MR) is 106 cm³/mol. The van der Waals surface area contributed by atoms with E-state index >= 15 is 0 Å². The fourth-order valence-corrected chi connectivity index (χ4v) is 4.57. The van der Waals surface area contributed by atoms with Crippen molar-refractivity contribution in [3.8, 4) is 0 Å². The monoisotopic (exact) mass is 387 g/mol. The predicted octanol–water partition coefficient (Wildman–Crippen LogP) is 2.47. The Bertz CT molecular complexity index is 885. The van der Waals surface area contributed by atoms with Crippen molar-refractivity contribution in [2.75, 3.05) is 32.1 Å². The summed E-state index contributed by atoms with van der Waals surface area (Å²) in [5.41, 5.74) is 2.54. The number of rotatable bonds is 6. The van der Waals surface area contributed by atoms with Crippen molar-refractivity contribution in [3.63, 3.8) is 0 Å². The Morgan fingerprint density at radius 2 is 1.59 bits per heavy atom. The summed E-state index contributed by atoms with van der Waals surface area (Å²) in [5.74, 6) is -0.225. The van der Waals surface area contributed by atoms with E-state index in [1.807, 2.05) is 43.3 Å². The number of nitrogens with zero attached hydrogens (tertiary/aromatic N) is 2. The molecule has 27 heavy (non-hydrogen) atoms. The van der Waals surface area contributed by atoms with E-state index < -0.39 is 10.0 Å². The molecule has 0 radical (unpaired) electrons. The first-order valence-corrected chi connectivity index (χ1v) is 10.5. The summed E-state index contributed by atoms with van der Waals surface area (Å²) in [6, 6.07) is 14.1. The third-order valence-corrected chi connectivity index (χ3v) is 6.64. The maximum Gasteiger partial charge on any atom is 0.251 e. The van der Waals surface area contributed by atoms with Gasteiger partial charge in [0.1, 0.15) is 0 Å². The van der Waals surface area contributed by atoms with Gasteiger partial charge in [-0.05, 0) is 54.8 Å². The highest BCUT2D eigenvalue weighted by atomic mass is 32.2. The minimum atomic E-state index is -3.45. The zero-order valence-electron chi connectivity index (χ0n) is 15.7. The lowest BCUT2D eigenvalue weighted by atomic mass is 10.2. The van der Waals surface area contributed by atoms with Gasteiger partial charge in [0.2, 0.25) is 10.0 Å². The molecule has 3 rings (SSSR count). The molecule has 1 saturated heterocycles. The standard InChI is InChI=1S/C20H25N3O3S/c1-22(2)18-9-5-16(6-10-18)15-21-20(24)17-7-11-19(12-8-17)27(25,26)23-13-3-4-14-23/h5-12H,3-4,13-15H2,1-2H3,(H,21,24). The fraction of sp³-hybridized carbons (Fsp3) is 0.350. The summed E-state index contributed by atoms with van der Waals surface area (Å²) in [7, 11) is 0.503. The number of hydrogen-bond acceptors (Lipinski definition) is 4. The van der Waals surface area contributed by atoms with E-state index in [-0.39, 0.29) is 10.8 Å². The molecule has 0 unspecified atom stereocenters. The molecular formula is C20H25N3O3S. The van der Waals surface area contributed by atoms with Gasteiger partial charge in [-0.15, -0.1) is 0 Å². The lowest BCUT2D eigenvalue weighted by molar-refractivity contribution is 0.0951. The second-order valence-electron chi connectivity index (χ2n) is 6.88. The number of benzene rings is 2. The van der Waals surface area contributed by atoms with Gasteiger partial charge >= 0.3 is 0 Å². The minimum absolute atomic E-state index is 0.225. The highest BCUT2D eigenvalue weighted by Crippen LogP contribution is 2.21. The molecule has 0 aromatic heterocycles. The normalized spacial score (nSPS) is 14.9. The van der Waals surface area contributed by atoms with Gasteiger partial charge in [-0.2, -0.15) is 4.31 Å². The zero-order chi connectivity index (χ0) is 19.4. The Balaban J connectivity index is 1.62. The summed E-state index contributed by atoms with van der Waals surface area (Å²) >= 11 is 0. The molecule has 6 nitrogen and oxygen atoms in total. The number of carbonyl (C=O) groups is 1. The molecule has 1 amide bonds. The topological polar surface area (TPSA) is 69.7 Å². The SMILES string of the molecule is CN(C)c1ccc(CNC(=O)c2ccc(S(=O)(=O)N3CCCC3)cc2)cc1. The number of anilines is 1.